The van der Waals surface area contributed by atoms with Gasteiger partial charge in [-0.3, -0.25) is 14.9 Å². The summed E-state index contributed by atoms with van der Waals surface area (Å²) < 4.78 is 7.63. The van der Waals surface area contributed by atoms with E-state index in [4.69, 9.17) is 4.78 Å². The summed E-state index contributed by atoms with van der Waals surface area (Å²) in [6.45, 7) is 1.76. The molecule has 0 amide bonds. The summed E-state index contributed by atoms with van der Waals surface area (Å²) in [4.78, 5) is 12.3. The molecular formula is C10H13N3O2S. The number of non-ortho nitro benzene ring substituents is 1. The minimum Gasteiger partial charge on any atom is -0.370 e. The normalized spacial score (nSPS) is 17.4. The quantitative estimate of drug-likeness (QED) is 0.632. The fraction of sp³-hybridized carbons (Fsp3) is 0.400. The third-order valence-electron chi connectivity index (χ3n) is 2.64. The van der Waals surface area contributed by atoms with Crippen molar-refractivity contribution in [3.05, 3.63) is 34.4 Å². The highest BCUT2D eigenvalue weighted by molar-refractivity contribution is 7.86. The number of anilines is 1. The van der Waals surface area contributed by atoms with Gasteiger partial charge < -0.3 is 4.90 Å². The lowest BCUT2D eigenvalue weighted by Gasteiger charge is -2.29. The largest absolute Gasteiger partial charge is 0.370 e. The standard InChI is InChI=1S/C10H13N3O2S/c11-16-7-5-12(6-8-16)9-1-3-10(4-2-9)13(14)15/h1-4,11H,5-8H2. The van der Waals surface area contributed by atoms with Crippen LogP contribution in [0.3, 0.4) is 0 Å². The molecule has 1 aliphatic rings. The summed E-state index contributed by atoms with van der Waals surface area (Å²) in [6, 6.07) is 6.63. The minimum absolute atomic E-state index is 0.126. The van der Waals surface area contributed by atoms with Crippen molar-refractivity contribution >= 4 is 22.1 Å². The van der Waals surface area contributed by atoms with Gasteiger partial charge in [-0.15, -0.1) is 10.7 Å². The van der Waals surface area contributed by atoms with E-state index in [1.807, 2.05) is 0 Å². The molecule has 1 N–H and O–H groups in total. The van der Waals surface area contributed by atoms with E-state index in [0.29, 0.717) is 0 Å². The lowest BCUT2D eigenvalue weighted by atomic mass is 10.2. The Morgan fingerprint density at radius 3 is 2.31 bits per heavy atom. The van der Waals surface area contributed by atoms with Crippen LogP contribution in [-0.2, 0) is 10.7 Å². The molecule has 2 rings (SSSR count). The Hall–Kier alpha value is -1.43. The summed E-state index contributed by atoms with van der Waals surface area (Å²) in [5.41, 5.74) is 1.14. The molecule has 0 saturated carbocycles. The van der Waals surface area contributed by atoms with Gasteiger partial charge in [-0.2, -0.15) is 0 Å². The first-order chi connectivity index (χ1) is 7.66. The van der Waals surface area contributed by atoms with Crippen LogP contribution < -0.4 is 4.90 Å². The highest BCUT2D eigenvalue weighted by atomic mass is 32.2. The maximum atomic E-state index is 10.5. The molecule has 1 saturated heterocycles. The number of hydrogen-bond acceptors (Lipinski definition) is 4. The number of nitro groups is 1. The molecule has 16 heavy (non-hydrogen) atoms. The van der Waals surface area contributed by atoms with Gasteiger partial charge in [-0.05, 0) is 12.1 Å². The molecule has 0 unspecified atom stereocenters. The molecular weight excluding hydrogens is 226 g/mol. The highest BCUT2D eigenvalue weighted by Gasteiger charge is 2.14. The molecule has 1 heterocycles. The Morgan fingerprint density at radius 2 is 1.81 bits per heavy atom. The number of benzene rings is 1. The maximum Gasteiger partial charge on any atom is 0.269 e. The number of nitrogens with zero attached hydrogens (tertiary/aromatic N) is 2. The van der Waals surface area contributed by atoms with Crippen LogP contribution >= 0.6 is 0 Å². The van der Waals surface area contributed by atoms with Gasteiger partial charge in [0.1, 0.15) is 0 Å². The van der Waals surface area contributed by atoms with Gasteiger partial charge >= 0.3 is 0 Å². The Morgan fingerprint density at radius 1 is 1.25 bits per heavy atom. The number of rotatable bonds is 2. The van der Waals surface area contributed by atoms with Crippen molar-refractivity contribution in [2.75, 3.05) is 29.5 Å². The maximum absolute atomic E-state index is 10.5. The van der Waals surface area contributed by atoms with E-state index in [9.17, 15) is 10.1 Å². The first-order valence-corrected chi connectivity index (χ1v) is 6.61. The van der Waals surface area contributed by atoms with Crippen molar-refractivity contribution in [3.63, 3.8) is 0 Å². The second-order valence-corrected chi connectivity index (χ2v) is 5.46. The Bertz CT molecular complexity index is 409. The van der Waals surface area contributed by atoms with E-state index in [0.717, 1.165) is 30.3 Å². The second kappa shape index (κ2) is 4.61. The Labute approximate surface area is 96.1 Å². The van der Waals surface area contributed by atoms with Gasteiger partial charge in [-0.25, -0.2) is 0 Å². The van der Waals surface area contributed by atoms with E-state index in [1.54, 1.807) is 12.1 Å². The zero-order valence-corrected chi connectivity index (χ0v) is 9.57. The zero-order valence-electron chi connectivity index (χ0n) is 8.76. The van der Waals surface area contributed by atoms with Crippen LogP contribution in [0.5, 0.6) is 0 Å². The van der Waals surface area contributed by atoms with Crippen molar-refractivity contribution in [3.8, 4) is 0 Å². The molecule has 1 aromatic carbocycles. The topological polar surface area (TPSA) is 70.2 Å². The molecule has 0 radical (unpaired) electrons. The third kappa shape index (κ3) is 2.38. The average molecular weight is 239 g/mol. The molecule has 0 spiro atoms. The predicted octanol–water partition coefficient (Wildman–Crippen LogP) is 1.80. The number of nitro benzene ring substituents is 1. The van der Waals surface area contributed by atoms with Gasteiger partial charge in [0.15, 0.2) is 0 Å². The summed E-state index contributed by atoms with van der Waals surface area (Å²) in [5, 5.41) is 10.5. The summed E-state index contributed by atoms with van der Waals surface area (Å²) in [5.74, 6) is 1.80. The van der Waals surface area contributed by atoms with Crippen molar-refractivity contribution < 1.29 is 4.92 Å². The third-order valence-corrected chi connectivity index (χ3v) is 3.99. The van der Waals surface area contributed by atoms with Crippen LogP contribution in [0.2, 0.25) is 0 Å². The van der Waals surface area contributed by atoms with Crippen LogP contribution in [0.15, 0.2) is 24.3 Å². The minimum atomic E-state index is -0.388. The van der Waals surface area contributed by atoms with Crippen molar-refractivity contribution in [1.29, 1.82) is 4.78 Å². The van der Waals surface area contributed by atoms with Crippen LogP contribution in [0.1, 0.15) is 0 Å². The predicted molar refractivity (Wildman–Crippen MR) is 65.1 cm³/mol. The van der Waals surface area contributed by atoms with Crippen molar-refractivity contribution in [2.45, 2.75) is 0 Å². The zero-order chi connectivity index (χ0) is 11.5. The van der Waals surface area contributed by atoms with E-state index < -0.39 is 0 Å². The first-order valence-electron chi connectivity index (χ1n) is 5.05. The van der Waals surface area contributed by atoms with E-state index in [2.05, 4.69) is 4.90 Å². The van der Waals surface area contributed by atoms with Crippen molar-refractivity contribution in [2.24, 2.45) is 0 Å². The van der Waals surface area contributed by atoms with Gasteiger partial charge in [0, 0.05) is 42.4 Å². The lowest BCUT2D eigenvalue weighted by Crippen LogP contribution is -2.37. The van der Waals surface area contributed by atoms with E-state index in [-0.39, 0.29) is 21.3 Å². The molecule has 5 nitrogen and oxygen atoms in total. The van der Waals surface area contributed by atoms with Crippen molar-refractivity contribution in [1.82, 2.24) is 0 Å². The van der Waals surface area contributed by atoms with Gasteiger partial charge in [0.25, 0.3) is 5.69 Å². The molecule has 0 aromatic heterocycles. The average Bonchev–Trinajstić information content (AvgIpc) is 2.30. The summed E-state index contributed by atoms with van der Waals surface area (Å²) in [6.07, 6.45) is 0. The number of nitrogens with one attached hydrogen (secondary N) is 1. The fourth-order valence-electron chi connectivity index (χ4n) is 1.70. The SMILES string of the molecule is N=S1CCN(c2ccc([N+](=O)[O-])cc2)CC1. The molecule has 86 valence electrons. The first kappa shape index (κ1) is 11.1. The summed E-state index contributed by atoms with van der Waals surface area (Å²) in [7, 11) is -0.196. The Balaban J connectivity index is 2.10. The molecule has 0 atom stereocenters. The molecule has 0 aliphatic carbocycles. The molecule has 1 fully saturated rings. The van der Waals surface area contributed by atoms with Crippen LogP contribution in [-0.4, -0.2) is 29.5 Å². The second-order valence-electron chi connectivity index (χ2n) is 3.66. The highest BCUT2D eigenvalue weighted by Crippen LogP contribution is 2.20. The van der Waals surface area contributed by atoms with Gasteiger partial charge in [0.05, 0.1) is 4.92 Å². The summed E-state index contributed by atoms with van der Waals surface area (Å²) >= 11 is 0. The van der Waals surface area contributed by atoms with Crippen LogP contribution in [0.25, 0.3) is 0 Å². The molecule has 6 heteroatoms. The fourth-order valence-corrected chi connectivity index (χ4v) is 2.78. The molecule has 1 aromatic rings. The molecule has 0 bridgehead atoms. The monoisotopic (exact) mass is 239 g/mol. The molecule has 1 aliphatic heterocycles. The van der Waals surface area contributed by atoms with Crippen LogP contribution in [0.4, 0.5) is 11.4 Å². The van der Waals surface area contributed by atoms with Crippen LogP contribution in [0, 0.1) is 14.9 Å². The lowest BCUT2D eigenvalue weighted by molar-refractivity contribution is -0.384. The number of hydrogen-bond donors (Lipinski definition) is 1. The van der Waals surface area contributed by atoms with E-state index >= 15 is 0 Å². The Kier molecular flexibility index (Phi) is 3.19. The van der Waals surface area contributed by atoms with Gasteiger partial charge in [0.2, 0.25) is 0 Å². The van der Waals surface area contributed by atoms with E-state index in [1.165, 1.54) is 12.1 Å². The van der Waals surface area contributed by atoms with Gasteiger partial charge in [-0.1, -0.05) is 0 Å². The smallest absolute Gasteiger partial charge is 0.269 e.